The monoisotopic (exact) mass is 311 g/mol. The molecule has 2 rings (SSSR count). The first-order valence-corrected chi connectivity index (χ1v) is 7.49. The lowest BCUT2D eigenvalue weighted by molar-refractivity contribution is 0.215. The van der Waals surface area contributed by atoms with Crippen LogP contribution < -0.4 is 5.32 Å². The predicted molar refractivity (Wildman–Crippen MR) is 80.0 cm³/mol. The summed E-state index contributed by atoms with van der Waals surface area (Å²) in [6, 6.07) is 2.10. The molecule has 0 unspecified atom stereocenters. The van der Waals surface area contributed by atoms with Gasteiger partial charge >= 0.3 is 0 Å². The van der Waals surface area contributed by atoms with E-state index in [1.165, 1.54) is 37.9 Å². The number of aromatic nitrogens is 1. The zero-order chi connectivity index (χ0) is 13.0. The first kappa shape index (κ1) is 13.8. The van der Waals surface area contributed by atoms with Crippen molar-refractivity contribution in [3.63, 3.8) is 0 Å². The number of aryl methyl sites for hydroxylation is 1. The molecule has 1 aliphatic heterocycles. The van der Waals surface area contributed by atoms with Gasteiger partial charge in [-0.1, -0.05) is 0 Å². The van der Waals surface area contributed by atoms with Gasteiger partial charge in [-0.25, -0.2) is 4.98 Å². The Bertz CT molecular complexity index is 387. The van der Waals surface area contributed by atoms with E-state index in [9.17, 15) is 0 Å². The molecule has 1 aromatic heterocycles. The van der Waals surface area contributed by atoms with Crippen LogP contribution in [0.15, 0.2) is 16.7 Å². The lowest BCUT2D eigenvalue weighted by Gasteiger charge is -2.29. The van der Waals surface area contributed by atoms with E-state index < -0.39 is 0 Å². The standard InChI is InChI=1S/C14H22BrN3/c1-11-9-13(15)10-17-14(11)16-6-3-12-4-7-18(2)8-5-12/h9-10,12H,3-8H2,1-2H3,(H,16,17). The first-order chi connectivity index (χ1) is 8.65. The number of hydrogen-bond donors (Lipinski definition) is 1. The molecule has 1 aromatic rings. The van der Waals surface area contributed by atoms with Crippen LogP contribution in [0.25, 0.3) is 0 Å². The Morgan fingerprint density at radius 3 is 2.83 bits per heavy atom. The van der Waals surface area contributed by atoms with Gasteiger partial charge in [-0.2, -0.15) is 0 Å². The van der Waals surface area contributed by atoms with E-state index in [-0.39, 0.29) is 0 Å². The van der Waals surface area contributed by atoms with E-state index in [1.807, 2.05) is 6.20 Å². The maximum atomic E-state index is 4.41. The van der Waals surface area contributed by atoms with Gasteiger partial charge in [0, 0.05) is 17.2 Å². The Kier molecular flexibility index (Phi) is 5.01. The van der Waals surface area contributed by atoms with Crippen LogP contribution in [0.4, 0.5) is 5.82 Å². The quantitative estimate of drug-likeness (QED) is 0.924. The van der Waals surface area contributed by atoms with Crippen LogP contribution in [0, 0.1) is 12.8 Å². The molecular weight excluding hydrogens is 290 g/mol. The van der Waals surface area contributed by atoms with Crippen molar-refractivity contribution in [3.05, 3.63) is 22.3 Å². The zero-order valence-electron chi connectivity index (χ0n) is 11.2. The summed E-state index contributed by atoms with van der Waals surface area (Å²) in [6.07, 6.45) is 5.78. The first-order valence-electron chi connectivity index (χ1n) is 6.69. The zero-order valence-corrected chi connectivity index (χ0v) is 12.8. The maximum Gasteiger partial charge on any atom is 0.128 e. The molecule has 0 aliphatic carbocycles. The van der Waals surface area contributed by atoms with E-state index >= 15 is 0 Å². The summed E-state index contributed by atoms with van der Waals surface area (Å²) in [5.74, 6) is 1.90. The maximum absolute atomic E-state index is 4.41. The normalized spacial score (nSPS) is 17.9. The van der Waals surface area contributed by atoms with Gasteiger partial charge in [0.25, 0.3) is 0 Å². The number of nitrogens with zero attached hydrogens (tertiary/aromatic N) is 2. The fourth-order valence-corrected chi connectivity index (χ4v) is 2.92. The highest BCUT2D eigenvalue weighted by Crippen LogP contribution is 2.20. The van der Waals surface area contributed by atoms with Crippen LogP contribution in [0.5, 0.6) is 0 Å². The van der Waals surface area contributed by atoms with E-state index in [2.05, 4.69) is 51.2 Å². The molecule has 1 saturated heterocycles. The third kappa shape index (κ3) is 3.95. The third-order valence-corrected chi connectivity index (χ3v) is 4.16. The number of anilines is 1. The van der Waals surface area contributed by atoms with Crippen molar-refractivity contribution in [2.24, 2.45) is 5.92 Å². The van der Waals surface area contributed by atoms with Crippen molar-refractivity contribution in [1.82, 2.24) is 9.88 Å². The summed E-state index contributed by atoms with van der Waals surface area (Å²) < 4.78 is 1.04. The number of piperidine rings is 1. The number of pyridine rings is 1. The second-order valence-electron chi connectivity index (χ2n) is 5.28. The van der Waals surface area contributed by atoms with Gasteiger partial charge in [-0.15, -0.1) is 0 Å². The molecule has 0 saturated carbocycles. The number of rotatable bonds is 4. The van der Waals surface area contributed by atoms with Crippen molar-refractivity contribution in [1.29, 1.82) is 0 Å². The Morgan fingerprint density at radius 2 is 2.17 bits per heavy atom. The Labute approximate surface area is 118 Å². The average molecular weight is 312 g/mol. The minimum atomic E-state index is 0.879. The lowest BCUT2D eigenvalue weighted by Crippen LogP contribution is -2.30. The smallest absolute Gasteiger partial charge is 0.128 e. The van der Waals surface area contributed by atoms with Gasteiger partial charge in [-0.05, 0) is 79.8 Å². The Balaban J connectivity index is 1.75. The SMILES string of the molecule is Cc1cc(Br)cnc1NCCC1CCN(C)CC1. The molecule has 1 fully saturated rings. The van der Waals surface area contributed by atoms with Crippen LogP contribution in [-0.2, 0) is 0 Å². The van der Waals surface area contributed by atoms with Crippen LogP contribution >= 0.6 is 15.9 Å². The molecule has 100 valence electrons. The van der Waals surface area contributed by atoms with Crippen LogP contribution in [0.1, 0.15) is 24.8 Å². The average Bonchev–Trinajstić information content (AvgIpc) is 2.34. The molecule has 18 heavy (non-hydrogen) atoms. The molecule has 0 spiro atoms. The number of hydrogen-bond acceptors (Lipinski definition) is 3. The molecule has 0 aromatic carbocycles. The minimum absolute atomic E-state index is 0.879. The van der Waals surface area contributed by atoms with E-state index in [4.69, 9.17) is 0 Å². The summed E-state index contributed by atoms with van der Waals surface area (Å²) in [4.78, 5) is 6.83. The highest BCUT2D eigenvalue weighted by atomic mass is 79.9. The highest BCUT2D eigenvalue weighted by molar-refractivity contribution is 9.10. The van der Waals surface area contributed by atoms with Crippen molar-refractivity contribution in [2.75, 3.05) is 32.0 Å². The molecular formula is C14H22BrN3. The molecule has 1 aliphatic rings. The number of likely N-dealkylation sites (tertiary alicyclic amines) is 1. The van der Waals surface area contributed by atoms with Crippen LogP contribution in [0.3, 0.4) is 0 Å². The van der Waals surface area contributed by atoms with Crippen molar-refractivity contribution in [3.8, 4) is 0 Å². The van der Waals surface area contributed by atoms with Gasteiger partial charge in [-0.3, -0.25) is 0 Å². The molecule has 3 nitrogen and oxygen atoms in total. The van der Waals surface area contributed by atoms with Gasteiger partial charge in [0.2, 0.25) is 0 Å². The number of halogens is 1. The molecule has 4 heteroatoms. The van der Waals surface area contributed by atoms with Gasteiger partial charge in [0.15, 0.2) is 0 Å². The van der Waals surface area contributed by atoms with E-state index in [0.29, 0.717) is 0 Å². The summed E-state index contributed by atoms with van der Waals surface area (Å²) in [7, 11) is 2.21. The third-order valence-electron chi connectivity index (χ3n) is 3.73. The van der Waals surface area contributed by atoms with Crippen LogP contribution in [0.2, 0.25) is 0 Å². The van der Waals surface area contributed by atoms with Crippen molar-refractivity contribution >= 4 is 21.7 Å². The molecule has 1 N–H and O–H groups in total. The molecule has 2 heterocycles. The molecule has 0 amide bonds. The Morgan fingerprint density at radius 1 is 1.44 bits per heavy atom. The lowest BCUT2D eigenvalue weighted by atomic mass is 9.94. The van der Waals surface area contributed by atoms with E-state index in [1.54, 1.807) is 0 Å². The highest BCUT2D eigenvalue weighted by Gasteiger charge is 2.16. The van der Waals surface area contributed by atoms with E-state index in [0.717, 1.165) is 22.8 Å². The predicted octanol–water partition coefficient (Wildman–Crippen LogP) is 3.30. The molecule has 0 radical (unpaired) electrons. The summed E-state index contributed by atoms with van der Waals surface area (Å²) in [6.45, 7) is 5.62. The second-order valence-corrected chi connectivity index (χ2v) is 6.20. The Hall–Kier alpha value is -0.610. The van der Waals surface area contributed by atoms with Crippen molar-refractivity contribution < 1.29 is 0 Å². The van der Waals surface area contributed by atoms with Crippen molar-refractivity contribution in [2.45, 2.75) is 26.2 Å². The molecule has 0 bridgehead atoms. The summed E-state index contributed by atoms with van der Waals surface area (Å²) in [5, 5.41) is 3.45. The largest absolute Gasteiger partial charge is 0.370 e. The second kappa shape index (κ2) is 6.53. The topological polar surface area (TPSA) is 28.2 Å². The van der Waals surface area contributed by atoms with Gasteiger partial charge < -0.3 is 10.2 Å². The fraction of sp³-hybridized carbons (Fsp3) is 0.643. The minimum Gasteiger partial charge on any atom is -0.370 e. The summed E-state index contributed by atoms with van der Waals surface area (Å²) >= 11 is 3.44. The molecule has 0 atom stereocenters. The summed E-state index contributed by atoms with van der Waals surface area (Å²) in [5.41, 5.74) is 1.20. The van der Waals surface area contributed by atoms with Gasteiger partial charge in [0.05, 0.1) is 0 Å². The van der Waals surface area contributed by atoms with Crippen LogP contribution in [-0.4, -0.2) is 36.6 Å². The fourth-order valence-electron chi connectivity index (χ4n) is 2.47. The number of nitrogens with one attached hydrogen (secondary N) is 1. The van der Waals surface area contributed by atoms with Gasteiger partial charge in [0.1, 0.15) is 5.82 Å².